The maximum atomic E-state index is 11.9. The smallest absolute Gasteiger partial charge is 0.258 e. The van der Waals surface area contributed by atoms with Crippen LogP contribution in [0, 0.1) is 0 Å². The third kappa shape index (κ3) is 6.22. The van der Waals surface area contributed by atoms with Crippen LogP contribution in [0.4, 0.5) is 5.69 Å². The molecule has 0 bridgehead atoms. The van der Waals surface area contributed by atoms with Crippen molar-refractivity contribution in [3.05, 3.63) is 48.0 Å². The van der Waals surface area contributed by atoms with E-state index in [9.17, 15) is 4.79 Å². The zero-order chi connectivity index (χ0) is 20.5. The third-order valence-electron chi connectivity index (χ3n) is 4.54. The van der Waals surface area contributed by atoms with Gasteiger partial charge in [-0.2, -0.15) is 0 Å². The predicted octanol–water partition coefficient (Wildman–Crippen LogP) is 3.13. The number of nitrogens with one attached hydrogen (secondary N) is 1. The Kier molecular flexibility index (Phi) is 7.47. The molecule has 1 amide bonds. The summed E-state index contributed by atoms with van der Waals surface area (Å²) in [6.07, 6.45) is 3.91. The molecule has 1 heterocycles. The average molecular weight is 398 g/mol. The number of methoxy groups -OCH3 is 2. The van der Waals surface area contributed by atoms with Gasteiger partial charge in [0.15, 0.2) is 6.61 Å². The number of ether oxygens (including phenoxy) is 4. The third-order valence-corrected chi connectivity index (χ3v) is 4.54. The average Bonchev–Trinajstić information content (AvgIpc) is 3.29. The minimum Gasteiger partial charge on any atom is -0.497 e. The van der Waals surface area contributed by atoms with E-state index in [4.69, 9.17) is 18.9 Å². The minimum atomic E-state index is -0.155. The van der Waals surface area contributed by atoms with Crippen LogP contribution in [0.2, 0.25) is 0 Å². The molecule has 1 fully saturated rings. The first-order valence-corrected chi connectivity index (χ1v) is 9.55. The van der Waals surface area contributed by atoms with Crippen molar-refractivity contribution in [3.8, 4) is 17.2 Å². The summed E-state index contributed by atoms with van der Waals surface area (Å²) in [6, 6.07) is 12.8. The van der Waals surface area contributed by atoms with Crippen LogP contribution >= 0.6 is 0 Å². The lowest BCUT2D eigenvalue weighted by molar-refractivity contribution is -0.123. The van der Waals surface area contributed by atoms with Crippen LogP contribution < -0.4 is 19.5 Å². The number of aliphatic imine (C=N–C) groups is 1. The van der Waals surface area contributed by atoms with E-state index in [1.807, 2.05) is 24.3 Å². The van der Waals surface area contributed by atoms with Crippen molar-refractivity contribution in [3.63, 3.8) is 0 Å². The Morgan fingerprint density at radius 3 is 2.66 bits per heavy atom. The Morgan fingerprint density at radius 2 is 1.97 bits per heavy atom. The summed E-state index contributed by atoms with van der Waals surface area (Å²) in [5.41, 5.74) is 1.61. The first-order chi connectivity index (χ1) is 14.2. The Hall–Kier alpha value is -3.06. The maximum absolute atomic E-state index is 11.9. The topological polar surface area (TPSA) is 78.4 Å². The molecule has 3 rings (SSSR count). The molecule has 1 aliphatic rings. The van der Waals surface area contributed by atoms with Crippen LogP contribution in [0.1, 0.15) is 18.4 Å². The predicted molar refractivity (Wildman–Crippen MR) is 111 cm³/mol. The molecule has 1 aliphatic heterocycles. The van der Waals surface area contributed by atoms with E-state index >= 15 is 0 Å². The van der Waals surface area contributed by atoms with Crippen molar-refractivity contribution in [2.24, 2.45) is 4.99 Å². The van der Waals surface area contributed by atoms with Crippen molar-refractivity contribution in [2.75, 3.05) is 34.0 Å². The van der Waals surface area contributed by atoms with Gasteiger partial charge in [-0.1, -0.05) is 0 Å². The quantitative estimate of drug-likeness (QED) is 0.657. The monoisotopic (exact) mass is 398 g/mol. The molecule has 7 nitrogen and oxygen atoms in total. The van der Waals surface area contributed by atoms with Gasteiger partial charge in [0.2, 0.25) is 0 Å². The Morgan fingerprint density at radius 1 is 1.17 bits per heavy atom. The molecule has 2 aromatic carbocycles. The van der Waals surface area contributed by atoms with Crippen molar-refractivity contribution in [2.45, 2.75) is 18.9 Å². The Labute approximate surface area is 170 Å². The molecule has 0 saturated carbocycles. The molecule has 1 atom stereocenters. The van der Waals surface area contributed by atoms with Crippen LogP contribution in [0.15, 0.2) is 47.5 Å². The van der Waals surface area contributed by atoms with E-state index in [2.05, 4.69) is 10.3 Å². The molecular formula is C22H26N2O5. The zero-order valence-corrected chi connectivity index (χ0v) is 16.7. The second kappa shape index (κ2) is 10.5. The highest BCUT2D eigenvalue weighted by atomic mass is 16.5. The first kappa shape index (κ1) is 20.7. The second-order valence-electron chi connectivity index (χ2n) is 6.59. The molecule has 0 radical (unpaired) electrons. The van der Waals surface area contributed by atoms with Crippen LogP contribution in [0.25, 0.3) is 0 Å². The van der Waals surface area contributed by atoms with E-state index in [0.717, 1.165) is 25.0 Å². The standard InChI is InChI=1S/C22H26N2O5/c1-26-18-9-10-20(21(12-18)27-2)23-13-16-5-7-17(8-6-16)29-15-22(25)24-14-19-4-3-11-28-19/h5-10,12-13,19H,3-4,11,14-15H2,1-2H3,(H,24,25)/t19-/m1/s1. The lowest BCUT2D eigenvalue weighted by atomic mass is 10.2. The molecule has 29 heavy (non-hydrogen) atoms. The summed E-state index contributed by atoms with van der Waals surface area (Å²) >= 11 is 0. The highest BCUT2D eigenvalue weighted by Crippen LogP contribution is 2.31. The molecule has 0 unspecified atom stereocenters. The number of carbonyl (C=O) groups excluding carboxylic acids is 1. The number of hydrogen-bond donors (Lipinski definition) is 1. The molecule has 0 spiro atoms. The molecule has 154 valence electrons. The second-order valence-corrected chi connectivity index (χ2v) is 6.59. The maximum Gasteiger partial charge on any atom is 0.258 e. The molecule has 0 aromatic heterocycles. The SMILES string of the molecule is COc1ccc(N=Cc2ccc(OCC(=O)NC[C@H]3CCCO3)cc2)c(OC)c1. The summed E-state index contributed by atoms with van der Waals surface area (Å²) in [6.45, 7) is 1.29. The van der Waals surface area contributed by atoms with Gasteiger partial charge in [0, 0.05) is 25.4 Å². The summed E-state index contributed by atoms with van der Waals surface area (Å²) in [4.78, 5) is 16.3. The summed E-state index contributed by atoms with van der Waals surface area (Å²) in [5, 5.41) is 2.83. The van der Waals surface area contributed by atoms with Gasteiger partial charge in [0.1, 0.15) is 22.9 Å². The fourth-order valence-corrected chi connectivity index (χ4v) is 2.92. The van der Waals surface area contributed by atoms with Crippen molar-refractivity contribution >= 4 is 17.8 Å². The molecule has 1 N–H and O–H groups in total. The Bertz CT molecular complexity index is 830. The summed E-state index contributed by atoms with van der Waals surface area (Å²) < 4.78 is 21.5. The molecule has 7 heteroatoms. The molecule has 1 saturated heterocycles. The van der Waals surface area contributed by atoms with Crippen LogP contribution in [0.3, 0.4) is 0 Å². The van der Waals surface area contributed by atoms with Gasteiger partial charge in [-0.3, -0.25) is 9.79 Å². The van der Waals surface area contributed by atoms with Gasteiger partial charge in [-0.15, -0.1) is 0 Å². The van der Waals surface area contributed by atoms with E-state index in [-0.39, 0.29) is 18.6 Å². The lowest BCUT2D eigenvalue weighted by Crippen LogP contribution is -2.35. The number of nitrogens with zero attached hydrogens (tertiary/aromatic N) is 1. The fourth-order valence-electron chi connectivity index (χ4n) is 2.92. The minimum absolute atomic E-state index is 0.0246. The number of carbonyl (C=O) groups is 1. The van der Waals surface area contributed by atoms with Gasteiger partial charge >= 0.3 is 0 Å². The Balaban J connectivity index is 1.49. The van der Waals surface area contributed by atoms with Crippen LogP contribution in [0.5, 0.6) is 17.2 Å². The van der Waals surface area contributed by atoms with Gasteiger partial charge in [0.05, 0.1) is 20.3 Å². The summed E-state index contributed by atoms with van der Waals surface area (Å²) in [5.74, 6) is 1.81. The zero-order valence-electron chi connectivity index (χ0n) is 16.7. The summed E-state index contributed by atoms with van der Waals surface area (Å²) in [7, 11) is 3.20. The fraction of sp³-hybridized carbons (Fsp3) is 0.364. The van der Waals surface area contributed by atoms with Crippen molar-refractivity contribution in [1.82, 2.24) is 5.32 Å². The highest BCUT2D eigenvalue weighted by Gasteiger charge is 2.16. The lowest BCUT2D eigenvalue weighted by Gasteiger charge is -2.11. The van der Waals surface area contributed by atoms with Gasteiger partial charge in [0.25, 0.3) is 5.91 Å². The van der Waals surface area contributed by atoms with E-state index in [1.54, 1.807) is 38.6 Å². The van der Waals surface area contributed by atoms with Gasteiger partial charge in [-0.05, 0) is 54.8 Å². The van der Waals surface area contributed by atoms with Crippen molar-refractivity contribution in [1.29, 1.82) is 0 Å². The van der Waals surface area contributed by atoms with Gasteiger partial charge < -0.3 is 24.3 Å². The van der Waals surface area contributed by atoms with Crippen LogP contribution in [-0.4, -0.2) is 52.2 Å². The number of benzene rings is 2. The largest absolute Gasteiger partial charge is 0.497 e. The van der Waals surface area contributed by atoms with E-state index < -0.39 is 0 Å². The normalized spacial score (nSPS) is 16.0. The molecule has 2 aromatic rings. The van der Waals surface area contributed by atoms with E-state index in [0.29, 0.717) is 29.5 Å². The van der Waals surface area contributed by atoms with Gasteiger partial charge in [-0.25, -0.2) is 0 Å². The van der Waals surface area contributed by atoms with Crippen molar-refractivity contribution < 1.29 is 23.7 Å². The molecular weight excluding hydrogens is 372 g/mol. The van der Waals surface area contributed by atoms with Crippen LogP contribution in [-0.2, 0) is 9.53 Å². The number of amides is 1. The first-order valence-electron chi connectivity index (χ1n) is 9.55. The number of hydrogen-bond acceptors (Lipinski definition) is 6. The number of rotatable bonds is 9. The highest BCUT2D eigenvalue weighted by molar-refractivity contribution is 5.83. The molecule has 0 aliphatic carbocycles. The van der Waals surface area contributed by atoms with E-state index in [1.165, 1.54) is 0 Å².